The van der Waals surface area contributed by atoms with Gasteiger partial charge in [0.1, 0.15) is 34.9 Å². The molecule has 0 bridgehead atoms. The summed E-state index contributed by atoms with van der Waals surface area (Å²) in [5.41, 5.74) is -0.234. The smallest absolute Gasteiger partial charge is 0.336 e. The minimum Gasteiger partial charge on any atom is -0.464 e. The van der Waals surface area contributed by atoms with Gasteiger partial charge < -0.3 is 33.9 Å². The van der Waals surface area contributed by atoms with Gasteiger partial charge >= 0.3 is 11.6 Å². The predicted octanol–water partition coefficient (Wildman–Crippen LogP) is 3.43. The van der Waals surface area contributed by atoms with Crippen LogP contribution in [0.2, 0.25) is 0 Å². The molecular weight excluding hydrogens is 520 g/mol. The highest BCUT2D eigenvalue weighted by atomic mass is 16.7. The number of fused-ring (bicyclic) bond motifs is 1. The number of ketones is 1. The summed E-state index contributed by atoms with van der Waals surface area (Å²) in [5, 5.41) is 30.3. The molecule has 5 unspecified atom stereocenters. The van der Waals surface area contributed by atoms with Crippen molar-refractivity contribution in [3.63, 3.8) is 0 Å². The third-order valence-corrected chi connectivity index (χ3v) is 6.89. The fourth-order valence-corrected chi connectivity index (χ4v) is 4.73. The fraction of sp³-hybridized carbons (Fsp3) is 0.633. The van der Waals surface area contributed by atoms with Crippen LogP contribution in [0.25, 0.3) is 11.0 Å². The van der Waals surface area contributed by atoms with Crippen LogP contribution in [0.15, 0.2) is 33.5 Å². The van der Waals surface area contributed by atoms with Gasteiger partial charge in [0, 0.05) is 42.7 Å². The van der Waals surface area contributed by atoms with Crippen molar-refractivity contribution in [2.45, 2.75) is 109 Å². The van der Waals surface area contributed by atoms with Crippen molar-refractivity contribution in [3.8, 4) is 5.75 Å². The Balaban J connectivity index is 1.51. The molecule has 1 aliphatic rings. The molecule has 10 nitrogen and oxygen atoms in total. The van der Waals surface area contributed by atoms with E-state index in [4.69, 9.17) is 18.6 Å². The number of carbonyl (C=O) groups is 2. The fourth-order valence-electron chi connectivity index (χ4n) is 4.73. The van der Waals surface area contributed by atoms with Gasteiger partial charge in [-0.15, -0.1) is 0 Å². The number of hydrogen-bond donors (Lipinski definition) is 3. The summed E-state index contributed by atoms with van der Waals surface area (Å²) in [6.07, 6.45) is 0.763. The molecule has 0 spiro atoms. The quantitative estimate of drug-likeness (QED) is 0.188. The first-order valence-electron chi connectivity index (χ1n) is 14.0. The zero-order chi connectivity index (χ0) is 29.4. The van der Waals surface area contributed by atoms with E-state index in [1.165, 1.54) is 12.1 Å². The van der Waals surface area contributed by atoms with Crippen LogP contribution >= 0.6 is 0 Å². The van der Waals surface area contributed by atoms with Crippen molar-refractivity contribution in [1.82, 2.24) is 0 Å². The average Bonchev–Trinajstić information content (AvgIpc) is 2.87. The van der Waals surface area contributed by atoms with Gasteiger partial charge in [-0.05, 0) is 51.3 Å². The van der Waals surface area contributed by atoms with Gasteiger partial charge in [0.05, 0.1) is 12.7 Å². The highest BCUT2D eigenvalue weighted by molar-refractivity contribution is 5.88. The van der Waals surface area contributed by atoms with Crippen LogP contribution in [0, 0.1) is 5.92 Å². The second kappa shape index (κ2) is 14.2. The first kappa shape index (κ1) is 31.7. The minimum absolute atomic E-state index is 0.0213. The molecule has 222 valence electrons. The maximum Gasteiger partial charge on any atom is 0.336 e. The molecule has 0 radical (unpaired) electrons. The third-order valence-electron chi connectivity index (χ3n) is 6.89. The summed E-state index contributed by atoms with van der Waals surface area (Å²) in [6.45, 7) is 6.71. The minimum atomic E-state index is -1.24. The van der Waals surface area contributed by atoms with Crippen LogP contribution in [-0.4, -0.2) is 63.9 Å². The molecule has 10 heteroatoms. The molecule has 40 heavy (non-hydrogen) atoms. The first-order chi connectivity index (χ1) is 18.9. The second-order valence-corrected chi connectivity index (χ2v) is 11.5. The number of benzene rings is 1. The van der Waals surface area contributed by atoms with Crippen molar-refractivity contribution in [2.75, 3.05) is 6.61 Å². The zero-order valence-corrected chi connectivity index (χ0v) is 23.8. The van der Waals surface area contributed by atoms with Crippen LogP contribution in [0.1, 0.15) is 78.2 Å². The molecule has 5 atom stereocenters. The van der Waals surface area contributed by atoms with Gasteiger partial charge in [-0.3, -0.25) is 9.59 Å². The Morgan fingerprint density at radius 3 is 2.33 bits per heavy atom. The molecule has 2 heterocycles. The highest BCUT2D eigenvalue weighted by Crippen LogP contribution is 2.30. The summed E-state index contributed by atoms with van der Waals surface area (Å²) in [7, 11) is 0. The Bertz CT molecular complexity index is 1200. The molecule has 3 rings (SSSR count). The van der Waals surface area contributed by atoms with E-state index in [0.29, 0.717) is 29.5 Å². The Morgan fingerprint density at radius 1 is 0.975 bits per heavy atom. The molecule has 3 N–H and O–H groups in total. The average molecular weight is 563 g/mol. The summed E-state index contributed by atoms with van der Waals surface area (Å²) in [6, 6.07) is 6.19. The molecular formula is C30H42O10. The van der Waals surface area contributed by atoms with E-state index < -0.39 is 48.4 Å². The molecule has 1 aliphatic heterocycles. The number of aliphatic hydroxyl groups excluding tert-OH is 3. The molecule has 0 amide bonds. The second-order valence-electron chi connectivity index (χ2n) is 11.5. The molecule has 0 aliphatic carbocycles. The SMILES string of the molecule is CC1C(Oc2ccc3c(CC(=O)CCCCCCCC(=O)OC(C)(C)C)cc(=O)oc3c2)OC(CO)C(O)C1O. The molecule has 1 aromatic heterocycles. The number of rotatable bonds is 13. The zero-order valence-electron chi connectivity index (χ0n) is 23.8. The van der Waals surface area contributed by atoms with Gasteiger partial charge in [-0.25, -0.2) is 4.79 Å². The molecule has 1 fully saturated rings. The van der Waals surface area contributed by atoms with Crippen LogP contribution in [0.3, 0.4) is 0 Å². The van der Waals surface area contributed by atoms with E-state index in [0.717, 1.165) is 32.1 Å². The first-order valence-corrected chi connectivity index (χ1v) is 14.0. The lowest BCUT2D eigenvalue weighted by molar-refractivity contribution is -0.256. The Hall–Kier alpha value is -2.79. The predicted molar refractivity (Wildman–Crippen MR) is 147 cm³/mol. The number of unbranched alkanes of at least 4 members (excludes halogenated alkanes) is 4. The van der Waals surface area contributed by atoms with Gasteiger partial charge in [-0.2, -0.15) is 0 Å². The van der Waals surface area contributed by atoms with Gasteiger partial charge in [-0.1, -0.05) is 26.2 Å². The lowest BCUT2D eigenvalue weighted by Gasteiger charge is -2.40. The molecule has 0 saturated carbocycles. The molecule has 2 aromatic rings. The van der Waals surface area contributed by atoms with E-state index in [1.807, 2.05) is 20.8 Å². The van der Waals surface area contributed by atoms with Crippen molar-refractivity contribution < 1.29 is 43.5 Å². The van der Waals surface area contributed by atoms with Gasteiger partial charge in [0.25, 0.3) is 0 Å². The number of hydrogen-bond acceptors (Lipinski definition) is 10. The standard InChI is InChI=1S/C30H42O10/c1-18-27(35)28(36)24(17-31)39-29(18)37-21-12-13-22-19(15-26(34)38-23(22)16-21)14-20(32)10-8-6-5-7-9-11-25(33)40-30(2,3)4/h12-13,15-16,18,24,27-29,31,35-36H,5-11,14,17H2,1-4H3. The maximum atomic E-state index is 12.7. The topological polar surface area (TPSA) is 153 Å². The molecule has 1 aromatic carbocycles. The maximum absolute atomic E-state index is 12.7. The highest BCUT2D eigenvalue weighted by Gasteiger charge is 2.43. The van der Waals surface area contributed by atoms with Crippen LogP contribution < -0.4 is 10.4 Å². The number of esters is 1. The van der Waals surface area contributed by atoms with E-state index in [-0.39, 0.29) is 23.8 Å². The summed E-state index contributed by atoms with van der Waals surface area (Å²) in [5.74, 6) is -0.447. The van der Waals surface area contributed by atoms with E-state index in [9.17, 15) is 29.7 Å². The lowest BCUT2D eigenvalue weighted by Crippen LogP contribution is -2.56. The van der Waals surface area contributed by atoms with E-state index >= 15 is 0 Å². The number of Topliss-reactive ketones (excluding diaryl/α,β-unsaturated/α-hetero) is 1. The number of ether oxygens (including phenoxy) is 3. The van der Waals surface area contributed by atoms with Crippen molar-refractivity contribution in [3.05, 3.63) is 40.2 Å². The summed E-state index contributed by atoms with van der Waals surface area (Å²) in [4.78, 5) is 36.6. The Labute approximate surface area is 234 Å². The van der Waals surface area contributed by atoms with E-state index in [1.54, 1.807) is 19.1 Å². The normalized spacial score (nSPS) is 23.2. The van der Waals surface area contributed by atoms with Crippen molar-refractivity contribution in [2.24, 2.45) is 5.92 Å². The van der Waals surface area contributed by atoms with Crippen molar-refractivity contribution in [1.29, 1.82) is 0 Å². The summed E-state index contributed by atoms with van der Waals surface area (Å²) < 4.78 is 22.1. The Morgan fingerprint density at radius 2 is 1.65 bits per heavy atom. The molecule has 1 saturated heterocycles. The number of carbonyl (C=O) groups excluding carboxylic acids is 2. The van der Waals surface area contributed by atoms with Crippen LogP contribution in [-0.2, 0) is 25.5 Å². The third kappa shape index (κ3) is 9.12. The van der Waals surface area contributed by atoms with E-state index in [2.05, 4.69) is 0 Å². The summed E-state index contributed by atoms with van der Waals surface area (Å²) >= 11 is 0. The number of aliphatic hydroxyl groups is 3. The van der Waals surface area contributed by atoms with Gasteiger partial charge in [0.15, 0.2) is 0 Å². The van der Waals surface area contributed by atoms with Crippen LogP contribution in [0.5, 0.6) is 5.75 Å². The van der Waals surface area contributed by atoms with Crippen LogP contribution in [0.4, 0.5) is 0 Å². The Kier molecular flexibility index (Phi) is 11.3. The monoisotopic (exact) mass is 562 g/mol. The largest absolute Gasteiger partial charge is 0.464 e. The van der Waals surface area contributed by atoms with Crippen molar-refractivity contribution >= 4 is 22.7 Å². The van der Waals surface area contributed by atoms with Gasteiger partial charge in [0.2, 0.25) is 6.29 Å². The lowest BCUT2D eigenvalue weighted by atomic mass is 9.92.